The molecule has 2 fully saturated rings. The van der Waals surface area contributed by atoms with Gasteiger partial charge in [0, 0.05) is 6.42 Å². The molecule has 7 heteroatoms. The molecule has 0 bridgehead atoms. The third kappa shape index (κ3) is 3.42. The SMILES string of the molecule is O=C1CC2(CCCCC2)C(=O)N1CC(O)c1cccc(C(F)(F)F)c1. The molecular weight excluding hydrogens is 335 g/mol. The van der Waals surface area contributed by atoms with Gasteiger partial charge in [-0.1, -0.05) is 31.4 Å². The van der Waals surface area contributed by atoms with E-state index in [1.54, 1.807) is 0 Å². The lowest BCUT2D eigenvalue weighted by Crippen LogP contribution is -2.39. The number of hydrogen-bond acceptors (Lipinski definition) is 3. The van der Waals surface area contributed by atoms with E-state index in [0.29, 0.717) is 12.8 Å². The molecule has 1 spiro atoms. The Kier molecular flexibility index (Phi) is 4.62. The van der Waals surface area contributed by atoms with Crippen molar-refractivity contribution in [1.82, 2.24) is 4.90 Å². The number of hydrogen-bond donors (Lipinski definition) is 1. The number of carbonyl (C=O) groups is 2. The summed E-state index contributed by atoms with van der Waals surface area (Å²) in [4.78, 5) is 26.0. The van der Waals surface area contributed by atoms with Crippen molar-refractivity contribution >= 4 is 11.8 Å². The lowest BCUT2D eigenvalue weighted by Gasteiger charge is -2.31. The Labute approximate surface area is 143 Å². The summed E-state index contributed by atoms with van der Waals surface area (Å²) < 4.78 is 38.4. The molecular formula is C18H20F3NO3. The molecule has 1 aliphatic heterocycles. The Hall–Kier alpha value is -1.89. The van der Waals surface area contributed by atoms with Gasteiger partial charge >= 0.3 is 6.18 Å². The van der Waals surface area contributed by atoms with Crippen LogP contribution < -0.4 is 0 Å². The van der Waals surface area contributed by atoms with Crippen molar-refractivity contribution < 1.29 is 27.9 Å². The van der Waals surface area contributed by atoms with E-state index in [4.69, 9.17) is 0 Å². The molecule has 1 atom stereocenters. The highest BCUT2D eigenvalue weighted by molar-refractivity contribution is 6.06. The number of nitrogens with zero attached hydrogens (tertiary/aromatic N) is 1. The zero-order valence-corrected chi connectivity index (χ0v) is 13.7. The van der Waals surface area contributed by atoms with Gasteiger partial charge in [0.15, 0.2) is 0 Å². The largest absolute Gasteiger partial charge is 0.416 e. The summed E-state index contributed by atoms with van der Waals surface area (Å²) in [6.07, 6.45) is -1.57. The predicted molar refractivity (Wildman–Crippen MR) is 83.3 cm³/mol. The summed E-state index contributed by atoms with van der Waals surface area (Å²) in [5, 5.41) is 10.3. The third-order valence-electron chi connectivity index (χ3n) is 5.25. The fraction of sp³-hybridized carbons (Fsp3) is 0.556. The van der Waals surface area contributed by atoms with Crippen LogP contribution in [0.1, 0.15) is 55.8 Å². The standard InChI is InChI=1S/C18H20F3NO3/c19-18(20,21)13-6-4-5-12(9-13)14(23)11-22-15(24)10-17(16(22)25)7-2-1-3-8-17/h4-6,9,14,23H,1-3,7-8,10-11H2. The minimum Gasteiger partial charge on any atom is -0.387 e. The smallest absolute Gasteiger partial charge is 0.387 e. The van der Waals surface area contributed by atoms with Crippen LogP contribution in [0.5, 0.6) is 0 Å². The molecule has 1 N–H and O–H groups in total. The van der Waals surface area contributed by atoms with Crippen molar-refractivity contribution in [2.24, 2.45) is 5.41 Å². The van der Waals surface area contributed by atoms with Crippen LogP contribution in [0.2, 0.25) is 0 Å². The second-order valence-electron chi connectivity index (χ2n) is 6.97. The molecule has 136 valence electrons. The highest BCUT2D eigenvalue weighted by Gasteiger charge is 2.51. The first-order valence-corrected chi connectivity index (χ1v) is 8.43. The van der Waals surface area contributed by atoms with E-state index < -0.39 is 23.3 Å². The van der Waals surface area contributed by atoms with E-state index in [0.717, 1.165) is 36.3 Å². The van der Waals surface area contributed by atoms with Gasteiger partial charge in [-0.05, 0) is 30.5 Å². The maximum absolute atomic E-state index is 12.8. The molecule has 1 aliphatic carbocycles. The first kappa shape index (κ1) is 17.9. The molecule has 1 heterocycles. The summed E-state index contributed by atoms with van der Waals surface area (Å²) >= 11 is 0. The molecule has 1 saturated carbocycles. The van der Waals surface area contributed by atoms with Crippen molar-refractivity contribution in [3.05, 3.63) is 35.4 Å². The maximum atomic E-state index is 12.8. The Balaban J connectivity index is 1.76. The Bertz CT molecular complexity index is 680. The highest BCUT2D eigenvalue weighted by Crippen LogP contribution is 2.45. The number of halogens is 3. The van der Waals surface area contributed by atoms with Gasteiger partial charge in [-0.25, -0.2) is 0 Å². The Morgan fingerprint density at radius 1 is 1.16 bits per heavy atom. The number of carbonyl (C=O) groups excluding carboxylic acids is 2. The quantitative estimate of drug-likeness (QED) is 0.845. The van der Waals surface area contributed by atoms with Gasteiger partial charge in [-0.2, -0.15) is 13.2 Å². The lowest BCUT2D eigenvalue weighted by atomic mass is 9.73. The molecule has 25 heavy (non-hydrogen) atoms. The van der Waals surface area contributed by atoms with Gasteiger partial charge in [-0.15, -0.1) is 0 Å². The van der Waals surface area contributed by atoms with Gasteiger partial charge in [0.25, 0.3) is 0 Å². The summed E-state index contributed by atoms with van der Waals surface area (Å²) in [5.74, 6) is -0.638. The third-order valence-corrected chi connectivity index (χ3v) is 5.25. The highest BCUT2D eigenvalue weighted by atomic mass is 19.4. The van der Waals surface area contributed by atoms with Crippen molar-refractivity contribution in [3.63, 3.8) is 0 Å². The van der Waals surface area contributed by atoms with E-state index in [-0.39, 0.29) is 30.3 Å². The lowest BCUT2D eigenvalue weighted by molar-refractivity contribution is -0.144. The minimum absolute atomic E-state index is 0.0417. The summed E-state index contributed by atoms with van der Waals surface area (Å²) in [6, 6.07) is 4.34. The topological polar surface area (TPSA) is 57.6 Å². The molecule has 0 radical (unpaired) electrons. The van der Waals surface area contributed by atoms with Gasteiger partial charge in [0.05, 0.1) is 23.6 Å². The van der Waals surface area contributed by atoms with Gasteiger partial charge in [-0.3, -0.25) is 14.5 Å². The number of aliphatic hydroxyl groups is 1. The molecule has 1 saturated heterocycles. The van der Waals surface area contributed by atoms with Crippen LogP contribution in [0.3, 0.4) is 0 Å². The first-order valence-electron chi connectivity index (χ1n) is 8.43. The monoisotopic (exact) mass is 355 g/mol. The van der Waals surface area contributed by atoms with Crippen LogP contribution in [0.25, 0.3) is 0 Å². The van der Waals surface area contributed by atoms with E-state index in [1.165, 1.54) is 12.1 Å². The van der Waals surface area contributed by atoms with Crippen LogP contribution in [-0.2, 0) is 15.8 Å². The van der Waals surface area contributed by atoms with Crippen LogP contribution in [0.15, 0.2) is 24.3 Å². The maximum Gasteiger partial charge on any atom is 0.416 e. The molecule has 0 aromatic heterocycles. The number of imide groups is 1. The number of rotatable bonds is 3. The molecule has 2 amide bonds. The fourth-order valence-corrected chi connectivity index (χ4v) is 3.86. The van der Waals surface area contributed by atoms with E-state index in [1.807, 2.05) is 0 Å². The second kappa shape index (κ2) is 6.44. The van der Waals surface area contributed by atoms with Crippen molar-refractivity contribution in [2.45, 2.75) is 50.8 Å². The number of likely N-dealkylation sites (tertiary alicyclic amines) is 1. The summed E-state index contributed by atoms with van der Waals surface area (Å²) in [5.41, 5.74) is -1.49. The van der Waals surface area contributed by atoms with Crippen LogP contribution in [0, 0.1) is 5.41 Å². The average Bonchev–Trinajstić information content (AvgIpc) is 2.79. The average molecular weight is 355 g/mol. The van der Waals surface area contributed by atoms with E-state index >= 15 is 0 Å². The van der Waals surface area contributed by atoms with Gasteiger partial charge < -0.3 is 5.11 Å². The summed E-state index contributed by atoms with van der Waals surface area (Å²) in [7, 11) is 0. The normalized spacial score (nSPS) is 21.8. The molecule has 2 aliphatic rings. The van der Waals surface area contributed by atoms with Crippen molar-refractivity contribution in [2.75, 3.05) is 6.54 Å². The second-order valence-corrected chi connectivity index (χ2v) is 6.97. The molecule has 1 aromatic carbocycles. The van der Waals surface area contributed by atoms with Gasteiger partial charge in [0.1, 0.15) is 0 Å². The molecule has 3 rings (SSSR count). The Morgan fingerprint density at radius 3 is 2.48 bits per heavy atom. The molecule has 4 nitrogen and oxygen atoms in total. The fourth-order valence-electron chi connectivity index (χ4n) is 3.86. The summed E-state index contributed by atoms with van der Waals surface area (Å²) in [6.45, 7) is -0.305. The molecule has 1 aromatic rings. The number of alkyl halides is 3. The number of amides is 2. The van der Waals surface area contributed by atoms with Crippen molar-refractivity contribution in [3.8, 4) is 0 Å². The van der Waals surface area contributed by atoms with Crippen molar-refractivity contribution in [1.29, 1.82) is 0 Å². The Morgan fingerprint density at radius 2 is 1.84 bits per heavy atom. The first-order chi connectivity index (χ1) is 11.7. The zero-order chi connectivity index (χ0) is 18.2. The number of aliphatic hydroxyl groups excluding tert-OH is 1. The van der Waals surface area contributed by atoms with Gasteiger partial charge in [0.2, 0.25) is 11.8 Å². The number of β-amino-alcohol motifs (C(OH)–C–C–N with tert-alkyl or cyclic N) is 1. The van der Waals surface area contributed by atoms with Crippen LogP contribution in [0.4, 0.5) is 13.2 Å². The van der Waals surface area contributed by atoms with Crippen LogP contribution >= 0.6 is 0 Å². The van der Waals surface area contributed by atoms with E-state index in [2.05, 4.69) is 0 Å². The van der Waals surface area contributed by atoms with Crippen LogP contribution in [-0.4, -0.2) is 28.4 Å². The molecule has 1 unspecified atom stereocenters. The number of benzene rings is 1. The minimum atomic E-state index is -4.51. The predicted octanol–water partition coefficient (Wildman–Crippen LogP) is 3.45. The zero-order valence-electron chi connectivity index (χ0n) is 13.7. The van der Waals surface area contributed by atoms with E-state index in [9.17, 15) is 27.9 Å².